The lowest BCUT2D eigenvalue weighted by Crippen LogP contribution is -2.34. The molecule has 2 aromatic rings. The molecule has 0 spiro atoms. The third-order valence-electron chi connectivity index (χ3n) is 5.00. The van der Waals surface area contributed by atoms with Gasteiger partial charge in [-0.15, -0.1) is 0 Å². The second-order valence-electron chi connectivity index (χ2n) is 7.21. The van der Waals surface area contributed by atoms with Crippen molar-refractivity contribution in [3.63, 3.8) is 0 Å². The Morgan fingerprint density at radius 3 is 2.76 bits per heavy atom. The van der Waals surface area contributed by atoms with Gasteiger partial charge < -0.3 is 19.7 Å². The molecule has 2 aliphatic rings. The number of anilines is 1. The number of nitrogens with zero attached hydrogens (tertiary/aromatic N) is 2. The SMILES string of the molecule is CCOC(=O)C1=C(C)N=C2SC=CN2[C@H]1c1cc(Br)ccc1OCC(=O)Nc1ccccc1. The van der Waals surface area contributed by atoms with Crippen LogP contribution in [0.5, 0.6) is 5.75 Å². The molecule has 0 saturated carbocycles. The minimum Gasteiger partial charge on any atom is -0.483 e. The van der Waals surface area contributed by atoms with E-state index in [0.717, 1.165) is 15.2 Å². The minimum atomic E-state index is -0.507. The summed E-state index contributed by atoms with van der Waals surface area (Å²) < 4.78 is 12.1. The van der Waals surface area contributed by atoms with Gasteiger partial charge in [-0.3, -0.25) is 4.79 Å². The van der Waals surface area contributed by atoms with Crippen molar-refractivity contribution in [3.05, 3.63) is 81.4 Å². The van der Waals surface area contributed by atoms with Gasteiger partial charge in [0.1, 0.15) is 5.75 Å². The highest BCUT2D eigenvalue weighted by atomic mass is 79.9. The molecule has 0 saturated heterocycles. The summed E-state index contributed by atoms with van der Waals surface area (Å²) in [5.41, 5.74) is 2.44. The second kappa shape index (κ2) is 10.3. The Bertz CT molecular complexity index is 1160. The van der Waals surface area contributed by atoms with Gasteiger partial charge in [0.05, 0.1) is 23.9 Å². The van der Waals surface area contributed by atoms with Crippen LogP contribution in [-0.2, 0) is 14.3 Å². The number of para-hydroxylation sites is 1. The maximum Gasteiger partial charge on any atom is 0.338 e. The normalized spacial score (nSPS) is 16.9. The highest BCUT2D eigenvalue weighted by molar-refractivity contribution is 9.10. The highest BCUT2D eigenvalue weighted by Gasteiger charge is 2.39. The number of halogens is 1. The zero-order valence-corrected chi connectivity index (χ0v) is 20.5. The van der Waals surface area contributed by atoms with E-state index in [9.17, 15) is 9.59 Å². The molecule has 33 heavy (non-hydrogen) atoms. The number of aliphatic imine (C=N–C) groups is 1. The summed E-state index contributed by atoms with van der Waals surface area (Å²) in [5.74, 6) is -0.219. The fourth-order valence-electron chi connectivity index (χ4n) is 3.60. The number of amides is 1. The number of thioether (sulfide) groups is 1. The largest absolute Gasteiger partial charge is 0.483 e. The molecule has 0 radical (unpaired) electrons. The van der Waals surface area contributed by atoms with Gasteiger partial charge in [0.25, 0.3) is 5.91 Å². The molecule has 0 unspecified atom stereocenters. The summed E-state index contributed by atoms with van der Waals surface area (Å²) in [4.78, 5) is 31.9. The van der Waals surface area contributed by atoms with Gasteiger partial charge in [0, 0.05) is 21.9 Å². The topological polar surface area (TPSA) is 80.2 Å². The summed E-state index contributed by atoms with van der Waals surface area (Å²) in [6.45, 7) is 3.64. The third-order valence-corrected chi connectivity index (χ3v) is 6.26. The first-order valence-electron chi connectivity index (χ1n) is 10.3. The average Bonchev–Trinajstić information content (AvgIpc) is 3.26. The van der Waals surface area contributed by atoms with Crippen LogP contribution in [0.3, 0.4) is 0 Å². The van der Waals surface area contributed by atoms with Crippen molar-refractivity contribution in [3.8, 4) is 5.75 Å². The zero-order chi connectivity index (χ0) is 23.4. The molecule has 1 amide bonds. The van der Waals surface area contributed by atoms with Crippen molar-refractivity contribution in [1.29, 1.82) is 0 Å². The molecule has 4 rings (SSSR count). The van der Waals surface area contributed by atoms with Gasteiger partial charge in [-0.05, 0) is 49.6 Å². The quantitative estimate of drug-likeness (QED) is 0.496. The Kier molecular flexibility index (Phi) is 7.20. The van der Waals surface area contributed by atoms with Crippen molar-refractivity contribution < 1.29 is 19.1 Å². The molecule has 2 aromatic carbocycles. The molecule has 0 fully saturated rings. The predicted octanol–water partition coefficient (Wildman–Crippen LogP) is 5.23. The monoisotopic (exact) mass is 527 g/mol. The molecule has 0 bridgehead atoms. The van der Waals surface area contributed by atoms with Crippen LogP contribution in [0.4, 0.5) is 5.69 Å². The molecule has 1 N–H and O–H groups in total. The molecule has 0 aromatic heterocycles. The van der Waals surface area contributed by atoms with Crippen LogP contribution < -0.4 is 10.1 Å². The Morgan fingerprint density at radius 1 is 1.21 bits per heavy atom. The van der Waals surface area contributed by atoms with Gasteiger partial charge in [-0.1, -0.05) is 45.9 Å². The number of carbonyl (C=O) groups is 2. The number of benzene rings is 2. The molecule has 2 heterocycles. The van der Waals surface area contributed by atoms with E-state index in [2.05, 4.69) is 26.2 Å². The first kappa shape index (κ1) is 23.1. The van der Waals surface area contributed by atoms with Crippen LogP contribution in [0.25, 0.3) is 0 Å². The van der Waals surface area contributed by atoms with E-state index in [4.69, 9.17) is 9.47 Å². The van der Waals surface area contributed by atoms with E-state index in [1.54, 1.807) is 19.9 Å². The van der Waals surface area contributed by atoms with Gasteiger partial charge in [-0.25, -0.2) is 9.79 Å². The predicted molar refractivity (Wildman–Crippen MR) is 133 cm³/mol. The number of rotatable bonds is 7. The van der Waals surface area contributed by atoms with Gasteiger partial charge in [0.2, 0.25) is 0 Å². The molecule has 0 aliphatic carbocycles. The fourth-order valence-corrected chi connectivity index (χ4v) is 4.77. The number of hydrogen-bond donors (Lipinski definition) is 1. The van der Waals surface area contributed by atoms with E-state index in [1.807, 2.05) is 59.0 Å². The lowest BCUT2D eigenvalue weighted by atomic mass is 9.94. The molecule has 170 valence electrons. The van der Waals surface area contributed by atoms with Crippen molar-refractivity contribution in [2.24, 2.45) is 4.99 Å². The van der Waals surface area contributed by atoms with Crippen molar-refractivity contribution in [2.45, 2.75) is 19.9 Å². The van der Waals surface area contributed by atoms with Crippen LogP contribution in [0.15, 0.2) is 80.9 Å². The molecule has 1 atom stereocenters. The van der Waals surface area contributed by atoms with Gasteiger partial charge in [0.15, 0.2) is 11.8 Å². The Balaban J connectivity index is 1.65. The minimum absolute atomic E-state index is 0.181. The maximum absolute atomic E-state index is 12.9. The highest BCUT2D eigenvalue weighted by Crippen LogP contribution is 2.44. The number of fused-ring (bicyclic) bond motifs is 1. The summed E-state index contributed by atoms with van der Waals surface area (Å²) >= 11 is 5.00. The van der Waals surface area contributed by atoms with Gasteiger partial charge in [-0.2, -0.15) is 0 Å². The molecule has 9 heteroatoms. The Morgan fingerprint density at radius 2 is 2.00 bits per heavy atom. The van der Waals surface area contributed by atoms with Crippen molar-refractivity contribution in [2.75, 3.05) is 18.5 Å². The van der Waals surface area contributed by atoms with E-state index in [1.165, 1.54) is 11.8 Å². The number of amidine groups is 1. The van der Waals surface area contributed by atoms with E-state index in [-0.39, 0.29) is 19.1 Å². The number of nitrogens with one attached hydrogen (secondary N) is 1. The maximum atomic E-state index is 12.9. The molecular weight excluding hydrogens is 506 g/mol. The number of ether oxygens (including phenoxy) is 2. The van der Waals surface area contributed by atoms with Crippen LogP contribution in [0, 0.1) is 0 Å². The molecular formula is C24H22BrN3O4S. The standard InChI is InChI=1S/C24H22BrN3O4S/c1-3-31-23(30)21-15(2)26-24-28(11-12-33-24)22(21)18-13-16(25)9-10-19(18)32-14-20(29)27-17-7-5-4-6-8-17/h4-13,22H,3,14H2,1-2H3,(H,27,29)/t22-/m0/s1. The molecule has 7 nitrogen and oxygen atoms in total. The fraction of sp³-hybridized carbons (Fsp3) is 0.208. The Labute approximate surface area is 204 Å². The van der Waals surface area contributed by atoms with Crippen molar-refractivity contribution >= 4 is 50.4 Å². The van der Waals surface area contributed by atoms with E-state index in [0.29, 0.717) is 22.7 Å². The first-order valence-corrected chi connectivity index (χ1v) is 12.0. The number of esters is 1. The van der Waals surface area contributed by atoms with Crippen LogP contribution in [0.2, 0.25) is 0 Å². The second-order valence-corrected chi connectivity index (χ2v) is 9.00. The average molecular weight is 528 g/mol. The molecule has 2 aliphatic heterocycles. The number of carbonyl (C=O) groups excluding carboxylic acids is 2. The summed E-state index contributed by atoms with van der Waals surface area (Å²) in [6.07, 6.45) is 1.88. The zero-order valence-electron chi connectivity index (χ0n) is 18.1. The Hall–Kier alpha value is -3.04. The van der Waals surface area contributed by atoms with Crippen LogP contribution in [-0.4, -0.2) is 35.2 Å². The summed E-state index contributed by atoms with van der Waals surface area (Å²) in [6, 6.07) is 14.2. The summed E-state index contributed by atoms with van der Waals surface area (Å²) in [7, 11) is 0. The van der Waals surface area contributed by atoms with Crippen molar-refractivity contribution in [1.82, 2.24) is 4.90 Å². The lowest BCUT2D eigenvalue weighted by Gasteiger charge is -2.34. The smallest absolute Gasteiger partial charge is 0.338 e. The third kappa shape index (κ3) is 5.15. The number of hydrogen-bond acceptors (Lipinski definition) is 7. The summed E-state index contributed by atoms with van der Waals surface area (Å²) in [5, 5.41) is 5.49. The number of allylic oxidation sites excluding steroid dienone is 1. The van der Waals surface area contributed by atoms with Gasteiger partial charge >= 0.3 is 5.97 Å². The van der Waals surface area contributed by atoms with E-state index >= 15 is 0 Å². The van der Waals surface area contributed by atoms with Crippen LogP contribution >= 0.6 is 27.7 Å². The van der Waals surface area contributed by atoms with Crippen LogP contribution in [0.1, 0.15) is 25.5 Å². The first-order chi connectivity index (χ1) is 16.0. The lowest BCUT2D eigenvalue weighted by molar-refractivity contribution is -0.139. The van der Waals surface area contributed by atoms with E-state index < -0.39 is 12.0 Å².